The first-order valence-corrected chi connectivity index (χ1v) is 8.76. The lowest BCUT2D eigenvalue weighted by Gasteiger charge is -2.28. The van der Waals surface area contributed by atoms with E-state index < -0.39 is 8.80 Å². The van der Waals surface area contributed by atoms with Gasteiger partial charge in [0.15, 0.2) is 0 Å². The van der Waals surface area contributed by atoms with Crippen LogP contribution in [-0.2, 0) is 19.3 Å². The lowest BCUT2D eigenvalue weighted by Crippen LogP contribution is -2.48. The van der Waals surface area contributed by atoms with Crippen LogP contribution in [0.4, 0.5) is 0 Å². The van der Waals surface area contributed by atoms with Crippen LogP contribution in [0, 0.1) is 0 Å². The predicted molar refractivity (Wildman–Crippen MR) is 80.9 cm³/mol. The average molecular weight is 280 g/mol. The van der Waals surface area contributed by atoms with E-state index in [0.717, 1.165) is 5.56 Å². The minimum atomic E-state index is -2.59. The summed E-state index contributed by atoms with van der Waals surface area (Å²) in [6, 6.07) is 8.96. The summed E-state index contributed by atoms with van der Waals surface area (Å²) in [5.41, 5.74) is 2.29. The van der Waals surface area contributed by atoms with E-state index in [1.165, 1.54) is 5.56 Å². The Hall–Kier alpha value is -0.943. The maximum absolute atomic E-state index is 5.85. The van der Waals surface area contributed by atoms with Crippen LogP contribution in [0.2, 0.25) is 0 Å². The SMILES string of the molecule is C=Cc1ccc(C[Si](OCC)(OCC)OCC)cc1. The molecule has 1 rings (SSSR count). The largest absolute Gasteiger partial charge is 0.505 e. The van der Waals surface area contributed by atoms with Crippen LogP contribution < -0.4 is 0 Å². The normalized spacial score (nSPS) is 11.5. The molecule has 0 saturated carbocycles. The fourth-order valence-electron chi connectivity index (χ4n) is 1.96. The Bertz CT molecular complexity index is 358. The van der Waals surface area contributed by atoms with Crippen molar-refractivity contribution < 1.29 is 13.3 Å². The molecule has 0 amide bonds. The summed E-state index contributed by atoms with van der Waals surface area (Å²) in [6.45, 7) is 11.5. The Labute approximate surface area is 117 Å². The van der Waals surface area contributed by atoms with E-state index in [0.29, 0.717) is 25.9 Å². The van der Waals surface area contributed by atoms with Gasteiger partial charge in [-0.15, -0.1) is 0 Å². The summed E-state index contributed by atoms with van der Waals surface area (Å²) in [5.74, 6) is 0. The summed E-state index contributed by atoms with van der Waals surface area (Å²) in [4.78, 5) is 0. The van der Waals surface area contributed by atoms with Gasteiger partial charge in [0, 0.05) is 25.9 Å². The lowest BCUT2D eigenvalue weighted by molar-refractivity contribution is 0.0704. The van der Waals surface area contributed by atoms with Crippen LogP contribution in [0.3, 0.4) is 0 Å². The van der Waals surface area contributed by atoms with Crippen LogP contribution >= 0.6 is 0 Å². The van der Waals surface area contributed by atoms with Crippen molar-refractivity contribution >= 4 is 14.9 Å². The van der Waals surface area contributed by atoms with E-state index in [2.05, 4.69) is 18.7 Å². The van der Waals surface area contributed by atoms with E-state index in [-0.39, 0.29) is 0 Å². The first-order chi connectivity index (χ1) is 9.19. The predicted octanol–water partition coefficient (Wildman–Crippen LogP) is 3.46. The van der Waals surface area contributed by atoms with Crippen molar-refractivity contribution in [3.05, 3.63) is 42.0 Å². The molecule has 0 aliphatic carbocycles. The highest BCUT2D eigenvalue weighted by molar-refractivity contribution is 6.60. The van der Waals surface area contributed by atoms with Crippen molar-refractivity contribution in [3.8, 4) is 0 Å². The Balaban J connectivity index is 2.86. The molecule has 0 aromatic heterocycles. The second-order valence-corrected chi connectivity index (χ2v) is 6.69. The quantitative estimate of drug-likeness (QED) is 0.648. The molecular weight excluding hydrogens is 256 g/mol. The number of benzene rings is 1. The van der Waals surface area contributed by atoms with E-state index in [9.17, 15) is 0 Å². The van der Waals surface area contributed by atoms with E-state index in [4.69, 9.17) is 13.3 Å². The van der Waals surface area contributed by atoms with Crippen molar-refractivity contribution in [1.82, 2.24) is 0 Å². The second-order valence-electron chi connectivity index (χ2n) is 4.10. The van der Waals surface area contributed by atoms with Crippen LogP contribution in [0.25, 0.3) is 6.08 Å². The molecule has 0 atom stereocenters. The van der Waals surface area contributed by atoms with Gasteiger partial charge in [-0.3, -0.25) is 0 Å². The highest BCUT2D eigenvalue weighted by Crippen LogP contribution is 2.18. The van der Waals surface area contributed by atoms with Gasteiger partial charge in [-0.25, -0.2) is 0 Å². The number of hydrogen-bond acceptors (Lipinski definition) is 3. The molecule has 0 aliphatic rings. The van der Waals surface area contributed by atoms with Crippen molar-refractivity contribution in [2.24, 2.45) is 0 Å². The zero-order valence-corrected chi connectivity index (χ0v) is 13.1. The first-order valence-electron chi connectivity index (χ1n) is 6.83. The van der Waals surface area contributed by atoms with Crippen LogP contribution in [-0.4, -0.2) is 28.6 Å². The van der Waals surface area contributed by atoms with Gasteiger partial charge in [0.05, 0.1) is 0 Å². The van der Waals surface area contributed by atoms with E-state index in [1.54, 1.807) is 0 Å². The monoisotopic (exact) mass is 280 g/mol. The van der Waals surface area contributed by atoms with Gasteiger partial charge in [0.25, 0.3) is 0 Å². The maximum atomic E-state index is 5.85. The Morgan fingerprint density at radius 3 is 1.79 bits per heavy atom. The molecule has 106 valence electrons. The second kappa shape index (κ2) is 8.27. The standard InChI is InChI=1S/C15H24O3Si/c1-5-14-9-11-15(12-10-14)13-19(16-6-2,17-7-3)18-8-4/h5,9-12H,1,6-8,13H2,2-4H3. The topological polar surface area (TPSA) is 27.7 Å². The molecule has 0 heterocycles. The highest BCUT2D eigenvalue weighted by Gasteiger charge is 2.40. The molecule has 0 spiro atoms. The average Bonchev–Trinajstić information content (AvgIpc) is 2.40. The molecule has 1 aromatic rings. The third kappa shape index (κ3) is 4.91. The minimum absolute atomic E-state index is 0.608. The van der Waals surface area contributed by atoms with Crippen molar-refractivity contribution in [3.63, 3.8) is 0 Å². The smallest absolute Gasteiger partial charge is 0.374 e. The van der Waals surface area contributed by atoms with Crippen LogP contribution in [0.1, 0.15) is 31.9 Å². The zero-order chi connectivity index (χ0) is 14.1. The molecule has 1 aromatic carbocycles. The molecule has 0 unspecified atom stereocenters. The highest BCUT2D eigenvalue weighted by atomic mass is 28.4. The first kappa shape index (κ1) is 16.1. The van der Waals surface area contributed by atoms with Gasteiger partial charge in [-0.2, -0.15) is 0 Å². The summed E-state index contributed by atoms with van der Waals surface area (Å²) < 4.78 is 17.5. The third-order valence-corrected chi connectivity index (χ3v) is 5.76. The Kier molecular flexibility index (Phi) is 7.01. The summed E-state index contributed by atoms with van der Waals surface area (Å²) in [5, 5.41) is 0. The molecular formula is C15H24O3Si. The van der Waals surface area contributed by atoms with E-state index >= 15 is 0 Å². The lowest BCUT2D eigenvalue weighted by atomic mass is 10.1. The van der Waals surface area contributed by atoms with Crippen LogP contribution in [0.5, 0.6) is 0 Å². The van der Waals surface area contributed by atoms with Crippen molar-refractivity contribution in [2.45, 2.75) is 26.8 Å². The van der Waals surface area contributed by atoms with E-state index in [1.807, 2.05) is 39.0 Å². The van der Waals surface area contributed by atoms with Gasteiger partial charge in [-0.1, -0.05) is 36.9 Å². The molecule has 0 fully saturated rings. The Morgan fingerprint density at radius 1 is 0.947 bits per heavy atom. The number of hydrogen-bond donors (Lipinski definition) is 0. The Morgan fingerprint density at radius 2 is 1.42 bits per heavy atom. The molecule has 4 heteroatoms. The molecule has 0 aliphatic heterocycles. The number of rotatable bonds is 9. The molecule has 0 N–H and O–H groups in total. The third-order valence-electron chi connectivity index (χ3n) is 2.73. The fraction of sp³-hybridized carbons (Fsp3) is 0.467. The van der Waals surface area contributed by atoms with Gasteiger partial charge < -0.3 is 13.3 Å². The van der Waals surface area contributed by atoms with Gasteiger partial charge >= 0.3 is 8.80 Å². The molecule has 19 heavy (non-hydrogen) atoms. The molecule has 0 saturated heterocycles. The van der Waals surface area contributed by atoms with Gasteiger partial charge in [0.1, 0.15) is 0 Å². The van der Waals surface area contributed by atoms with Crippen molar-refractivity contribution in [2.75, 3.05) is 19.8 Å². The summed E-state index contributed by atoms with van der Waals surface area (Å²) in [7, 11) is -2.59. The summed E-state index contributed by atoms with van der Waals surface area (Å²) >= 11 is 0. The maximum Gasteiger partial charge on any atom is 0.505 e. The molecule has 0 bridgehead atoms. The minimum Gasteiger partial charge on any atom is -0.374 e. The van der Waals surface area contributed by atoms with Crippen molar-refractivity contribution in [1.29, 1.82) is 0 Å². The zero-order valence-electron chi connectivity index (χ0n) is 12.1. The van der Waals surface area contributed by atoms with Gasteiger partial charge in [0.2, 0.25) is 0 Å². The fourth-order valence-corrected chi connectivity index (χ4v) is 4.57. The van der Waals surface area contributed by atoms with Crippen LogP contribution in [0.15, 0.2) is 30.8 Å². The van der Waals surface area contributed by atoms with Gasteiger partial charge in [-0.05, 0) is 31.9 Å². The molecule has 3 nitrogen and oxygen atoms in total. The molecule has 0 radical (unpaired) electrons. The summed E-state index contributed by atoms with van der Waals surface area (Å²) in [6.07, 6.45) is 1.84.